The van der Waals surface area contributed by atoms with Gasteiger partial charge in [-0.25, -0.2) is 0 Å². The Labute approximate surface area is 106 Å². The zero-order chi connectivity index (χ0) is 13.0. The lowest BCUT2D eigenvalue weighted by Gasteiger charge is -2.09. The van der Waals surface area contributed by atoms with E-state index >= 15 is 0 Å². The normalized spacial score (nSPS) is 11.8. The molecule has 0 amide bonds. The van der Waals surface area contributed by atoms with Crippen molar-refractivity contribution in [1.29, 1.82) is 5.26 Å². The average Bonchev–Trinajstić information content (AvgIpc) is 2.40. The van der Waals surface area contributed by atoms with Crippen LogP contribution in [0.4, 0.5) is 0 Å². The van der Waals surface area contributed by atoms with E-state index in [4.69, 9.17) is 10.00 Å². The molecular formula is C15H13NO2. The van der Waals surface area contributed by atoms with Gasteiger partial charge in [0.1, 0.15) is 0 Å². The van der Waals surface area contributed by atoms with Crippen LogP contribution in [0.1, 0.15) is 18.4 Å². The van der Waals surface area contributed by atoms with Gasteiger partial charge in [-0.1, -0.05) is 36.4 Å². The smallest absolute Gasteiger partial charge is 0.327 e. The fourth-order valence-corrected chi connectivity index (χ4v) is 1.88. The number of carbonyl (C=O) groups excluding carboxylic acids is 1. The molecule has 0 fully saturated rings. The maximum atomic E-state index is 11.7. The van der Waals surface area contributed by atoms with Crippen molar-refractivity contribution in [2.75, 3.05) is 6.61 Å². The summed E-state index contributed by atoms with van der Waals surface area (Å²) >= 11 is 0. The van der Waals surface area contributed by atoms with Crippen molar-refractivity contribution >= 4 is 16.7 Å². The van der Waals surface area contributed by atoms with Crippen LogP contribution in [0, 0.1) is 11.3 Å². The van der Waals surface area contributed by atoms with Gasteiger partial charge in [-0.05, 0) is 29.3 Å². The fourth-order valence-electron chi connectivity index (χ4n) is 1.88. The predicted octanol–water partition coefficient (Wildman–Crippen LogP) is 3.01. The van der Waals surface area contributed by atoms with E-state index in [2.05, 4.69) is 0 Å². The molecule has 0 spiro atoms. The van der Waals surface area contributed by atoms with Crippen LogP contribution in [0.5, 0.6) is 0 Å². The summed E-state index contributed by atoms with van der Waals surface area (Å²) in [6, 6.07) is 15.4. The molecule has 0 N–H and O–H groups in total. The molecule has 1 atom stereocenters. The number of rotatable bonds is 3. The van der Waals surface area contributed by atoms with E-state index in [9.17, 15) is 4.79 Å². The van der Waals surface area contributed by atoms with Crippen LogP contribution in [0.3, 0.4) is 0 Å². The minimum Gasteiger partial charge on any atom is -0.465 e. The molecule has 0 aliphatic carbocycles. The van der Waals surface area contributed by atoms with E-state index in [0.717, 1.165) is 10.8 Å². The molecule has 18 heavy (non-hydrogen) atoms. The van der Waals surface area contributed by atoms with E-state index in [-0.39, 0.29) is 6.61 Å². The molecule has 0 aliphatic heterocycles. The van der Waals surface area contributed by atoms with Crippen LogP contribution < -0.4 is 0 Å². The van der Waals surface area contributed by atoms with Crippen LogP contribution in [0.25, 0.3) is 10.8 Å². The van der Waals surface area contributed by atoms with Crippen LogP contribution >= 0.6 is 0 Å². The molecule has 2 aromatic rings. The summed E-state index contributed by atoms with van der Waals surface area (Å²) in [5.74, 6) is -1.34. The molecule has 2 aromatic carbocycles. The summed E-state index contributed by atoms with van der Waals surface area (Å²) in [5, 5.41) is 11.2. The number of ether oxygens (including phenoxy) is 1. The summed E-state index contributed by atoms with van der Waals surface area (Å²) in [5.41, 5.74) is 0.676. The minimum atomic E-state index is -0.852. The van der Waals surface area contributed by atoms with Gasteiger partial charge in [-0.3, -0.25) is 4.79 Å². The average molecular weight is 239 g/mol. The molecule has 0 saturated heterocycles. The maximum absolute atomic E-state index is 11.7. The van der Waals surface area contributed by atoms with Gasteiger partial charge in [0.25, 0.3) is 0 Å². The highest BCUT2D eigenvalue weighted by atomic mass is 16.5. The highest BCUT2D eigenvalue weighted by molar-refractivity contribution is 5.87. The highest BCUT2D eigenvalue weighted by Gasteiger charge is 2.21. The van der Waals surface area contributed by atoms with Crippen molar-refractivity contribution in [2.24, 2.45) is 0 Å². The van der Waals surface area contributed by atoms with Crippen LogP contribution in [0.2, 0.25) is 0 Å². The van der Waals surface area contributed by atoms with E-state index < -0.39 is 11.9 Å². The standard InChI is InChI=1S/C15H13NO2/c1-2-18-15(17)14(10-16)13-8-7-11-5-3-4-6-12(11)9-13/h3-9,14H,2H2,1H3. The lowest BCUT2D eigenvalue weighted by atomic mass is 9.97. The third kappa shape index (κ3) is 2.33. The number of hydrogen-bond acceptors (Lipinski definition) is 3. The molecule has 2 rings (SSSR count). The number of benzene rings is 2. The molecule has 0 saturated carbocycles. The third-order valence-corrected chi connectivity index (χ3v) is 2.76. The second-order valence-electron chi connectivity index (χ2n) is 3.92. The minimum absolute atomic E-state index is 0.282. The molecule has 1 unspecified atom stereocenters. The van der Waals surface area contributed by atoms with Gasteiger partial charge in [0.2, 0.25) is 0 Å². The van der Waals surface area contributed by atoms with Crippen LogP contribution in [0.15, 0.2) is 42.5 Å². The number of nitrogens with zero attached hydrogens (tertiary/aromatic N) is 1. The Morgan fingerprint density at radius 1 is 1.28 bits per heavy atom. The van der Waals surface area contributed by atoms with Gasteiger partial charge < -0.3 is 4.74 Å². The maximum Gasteiger partial charge on any atom is 0.327 e. The second kappa shape index (κ2) is 5.33. The fraction of sp³-hybridized carbons (Fsp3) is 0.200. The molecule has 0 bridgehead atoms. The van der Waals surface area contributed by atoms with Crippen molar-refractivity contribution in [1.82, 2.24) is 0 Å². The first kappa shape index (κ1) is 12.1. The lowest BCUT2D eigenvalue weighted by Crippen LogP contribution is -2.14. The predicted molar refractivity (Wildman–Crippen MR) is 68.9 cm³/mol. The van der Waals surface area contributed by atoms with Gasteiger partial charge in [0.05, 0.1) is 12.7 Å². The number of hydrogen-bond donors (Lipinski definition) is 0. The Balaban J connectivity index is 2.40. The summed E-state index contributed by atoms with van der Waals surface area (Å²) in [4.78, 5) is 11.7. The number of esters is 1. The first-order chi connectivity index (χ1) is 8.76. The third-order valence-electron chi connectivity index (χ3n) is 2.76. The zero-order valence-electron chi connectivity index (χ0n) is 10.1. The Hall–Kier alpha value is -2.34. The van der Waals surface area contributed by atoms with Gasteiger partial charge in [-0.2, -0.15) is 5.26 Å². The quantitative estimate of drug-likeness (QED) is 0.773. The summed E-state index contributed by atoms with van der Waals surface area (Å²) < 4.78 is 4.90. The molecule has 90 valence electrons. The Bertz CT molecular complexity index is 613. The summed E-state index contributed by atoms with van der Waals surface area (Å²) in [6.45, 7) is 2.01. The van der Waals surface area contributed by atoms with E-state index in [1.54, 1.807) is 13.0 Å². The number of nitriles is 1. The molecule has 0 radical (unpaired) electrons. The SMILES string of the molecule is CCOC(=O)C(C#N)c1ccc2ccccc2c1. The Morgan fingerprint density at radius 2 is 2.00 bits per heavy atom. The van der Waals surface area contributed by atoms with Gasteiger partial charge in [-0.15, -0.1) is 0 Å². The van der Waals surface area contributed by atoms with E-state index in [1.165, 1.54) is 0 Å². The van der Waals surface area contributed by atoms with Crippen molar-refractivity contribution in [3.05, 3.63) is 48.0 Å². The highest BCUT2D eigenvalue weighted by Crippen LogP contribution is 2.22. The molecule has 0 aromatic heterocycles. The number of carbonyl (C=O) groups is 1. The first-order valence-electron chi connectivity index (χ1n) is 5.81. The van der Waals surface area contributed by atoms with Gasteiger partial charge >= 0.3 is 5.97 Å². The van der Waals surface area contributed by atoms with E-state index in [1.807, 2.05) is 42.5 Å². The van der Waals surface area contributed by atoms with Crippen molar-refractivity contribution in [2.45, 2.75) is 12.8 Å². The summed E-state index contributed by atoms with van der Waals surface area (Å²) in [6.07, 6.45) is 0. The Kier molecular flexibility index (Phi) is 3.59. The molecular weight excluding hydrogens is 226 g/mol. The largest absolute Gasteiger partial charge is 0.465 e. The van der Waals surface area contributed by atoms with Crippen molar-refractivity contribution in [3.8, 4) is 6.07 Å². The number of fused-ring (bicyclic) bond motifs is 1. The zero-order valence-corrected chi connectivity index (χ0v) is 10.1. The van der Waals surface area contributed by atoms with Crippen molar-refractivity contribution in [3.63, 3.8) is 0 Å². The molecule has 0 heterocycles. The van der Waals surface area contributed by atoms with Crippen LogP contribution in [-0.4, -0.2) is 12.6 Å². The molecule has 3 heteroatoms. The van der Waals surface area contributed by atoms with E-state index in [0.29, 0.717) is 5.56 Å². The second-order valence-corrected chi connectivity index (χ2v) is 3.92. The topological polar surface area (TPSA) is 50.1 Å². The Morgan fingerprint density at radius 3 is 2.67 bits per heavy atom. The van der Waals surface area contributed by atoms with Crippen molar-refractivity contribution < 1.29 is 9.53 Å². The molecule has 0 aliphatic rings. The van der Waals surface area contributed by atoms with Crippen LogP contribution in [-0.2, 0) is 9.53 Å². The summed E-state index contributed by atoms with van der Waals surface area (Å²) in [7, 11) is 0. The van der Waals surface area contributed by atoms with Gasteiger partial charge in [0, 0.05) is 0 Å². The van der Waals surface area contributed by atoms with Gasteiger partial charge in [0.15, 0.2) is 5.92 Å². The lowest BCUT2D eigenvalue weighted by molar-refractivity contribution is -0.143. The first-order valence-corrected chi connectivity index (χ1v) is 5.81. The monoisotopic (exact) mass is 239 g/mol. The molecule has 3 nitrogen and oxygen atoms in total.